The number of benzene rings is 1. The molecule has 17 heavy (non-hydrogen) atoms. The van der Waals surface area contributed by atoms with Crippen molar-refractivity contribution in [3.8, 4) is 6.07 Å². The van der Waals surface area contributed by atoms with Gasteiger partial charge in [-0.05, 0) is 18.2 Å². The van der Waals surface area contributed by atoms with Crippen molar-refractivity contribution < 1.29 is 4.74 Å². The number of nitriles is 1. The fourth-order valence-electron chi connectivity index (χ4n) is 1.95. The molecule has 1 fully saturated rings. The lowest BCUT2D eigenvalue weighted by Gasteiger charge is -2.34. The SMILES string of the molecule is N#Cc1cc(Cl)ccc1N1CCOC(CN)C1. The van der Waals surface area contributed by atoms with Crippen molar-refractivity contribution in [2.75, 3.05) is 31.1 Å². The second kappa shape index (κ2) is 5.37. The molecule has 1 saturated heterocycles. The summed E-state index contributed by atoms with van der Waals surface area (Å²) >= 11 is 5.88. The maximum Gasteiger partial charge on any atom is 0.101 e. The van der Waals surface area contributed by atoms with Gasteiger partial charge in [0.25, 0.3) is 0 Å². The van der Waals surface area contributed by atoms with Crippen LogP contribution in [0.3, 0.4) is 0 Å². The van der Waals surface area contributed by atoms with E-state index in [0.29, 0.717) is 30.3 Å². The van der Waals surface area contributed by atoms with E-state index >= 15 is 0 Å². The molecule has 1 heterocycles. The normalized spacial score (nSPS) is 20.1. The quantitative estimate of drug-likeness (QED) is 0.863. The van der Waals surface area contributed by atoms with Gasteiger partial charge in [0.1, 0.15) is 6.07 Å². The van der Waals surface area contributed by atoms with Gasteiger partial charge in [-0.2, -0.15) is 5.26 Å². The first kappa shape index (κ1) is 12.2. The molecule has 0 bridgehead atoms. The average Bonchev–Trinajstić information content (AvgIpc) is 2.38. The summed E-state index contributed by atoms with van der Waals surface area (Å²) in [5, 5.41) is 9.68. The molecular weight excluding hydrogens is 238 g/mol. The summed E-state index contributed by atoms with van der Waals surface area (Å²) in [6, 6.07) is 7.52. The molecule has 2 rings (SSSR count). The van der Waals surface area contributed by atoms with E-state index in [-0.39, 0.29) is 6.10 Å². The van der Waals surface area contributed by atoms with Crippen molar-refractivity contribution in [1.29, 1.82) is 5.26 Å². The predicted octanol–water partition coefficient (Wildman–Crippen LogP) is 1.38. The van der Waals surface area contributed by atoms with Crippen LogP contribution in [0, 0.1) is 11.3 Å². The standard InChI is InChI=1S/C12H14ClN3O/c13-10-1-2-12(9(5-10)6-14)16-3-4-17-11(7-15)8-16/h1-2,5,11H,3-4,7-8,15H2. The zero-order chi connectivity index (χ0) is 12.3. The van der Waals surface area contributed by atoms with Crippen LogP contribution < -0.4 is 10.6 Å². The zero-order valence-corrected chi connectivity index (χ0v) is 10.2. The molecule has 2 N–H and O–H groups in total. The Hall–Kier alpha value is -1.28. The molecule has 0 aliphatic carbocycles. The number of morpholine rings is 1. The van der Waals surface area contributed by atoms with Crippen molar-refractivity contribution in [1.82, 2.24) is 0 Å². The zero-order valence-electron chi connectivity index (χ0n) is 9.40. The first-order chi connectivity index (χ1) is 8.24. The van der Waals surface area contributed by atoms with E-state index in [2.05, 4.69) is 11.0 Å². The fraction of sp³-hybridized carbons (Fsp3) is 0.417. The van der Waals surface area contributed by atoms with Gasteiger partial charge in [0.2, 0.25) is 0 Å². The topological polar surface area (TPSA) is 62.3 Å². The highest BCUT2D eigenvalue weighted by molar-refractivity contribution is 6.30. The third-order valence-corrected chi connectivity index (χ3v) is 3.06. The molecule has 1 aliphatic rings. The monoisotopic (exact) mass is 251 g/mol. The Bertz CT molecular complexity index is 444. The van der Waals surface area contributed by atoms with Gasteiger partial charge in [-0.3, -0.25) is 0 Å². The Morgan fingerprint density at radius 2 is 2.41 bits per heavy atom. The van der Waals surface area contributed by atoms with Gasteiger partial charge < -0.3 is 15.4 Å². The predicted molar refractivity (Wildman–Crippen MR) is 67.2 cm³/mol. The van der Waals surface area contributed by atoms with E-state index in [1.54, 1.807) is 12.1 Å². The maximum absolute atomic E-state index is 9.11. The Morgan fingerprint density at radius 1 is 1.59 bits per heavy atom. The number of nitrogens with two attached hydrogens (primary N) is 1. The molecule has 0 aromatic heterocycles. The van der Waals surface area contributed by atoms with Gasteiger partial charge >= 0.3 is 0 Å². The third-order valence-electron chi connectivity index (χ3n) is 2.82. The number of halogens is 1. The van der Waals surface area contributed by atoms with Crippen LogP contribution in [-0.2, 0) is 4.74 Å². The van der Waals surface area contributed by atoms with Crippen molar-refractivity contribution in [3.05, 3.63) is 28.8 Å². The Balaban J connectivity index is 2.24. The summed E-state index contributed by atoms with van der Waals surface area (Å²) in [7, 11) is 0. The highest BCUT2D eigenvalue weighted by Crippen LogP contribution is 2.25. The van der Waals surface area contributed by atoms with Gasteiger partial charge in [0, 0.05) is 24.7 Å². The lowest BCUT2D eigenvalue weighted by Crippen LogP contribution is -2.45. The lowest BCUT2D eigenvalue weighted by atomic mass is 10.1. The first-order valence-corrected chi connectivity index (χ1v) is 5.88. The highest BCUT2D eigenvalue weighted by Gasteiger charge is 2.21. The Kier molecular flexibility index (Phi) is 3.85. The van der Waals surface area contributed by atoms with Crippen LogP contribution in [0.15, 0.2) is 18.2 Å². The third kappa shape index (κ3) is 2.70. The largest absolute Gasteiger partial charge is 0.373 e. The second-order valence-electron chi connectivity index (χ2n) is 3.95. The number of hydrogen-bond donors (Lipinski definition) is 1. The van der Waals surface area contributed by atoms with E-state index in [4.69, 9.17) is 27.3 Å². The molecule has 4 nitrogen and oxygen atoms in total. The minimum absolute atomic E-state index is 0.0333. The fourth-order valence-corrected chi connectivity index (χ4v) is 2.13. The molecule has 1 aliphatic heterocycles. The molecule has 0 radical (unpaired) electrons. The van der Waals surface area contributed by atoms with Gasteiger partial charge in [0.05, 0.1) is 24.0 Å². The van der Waals surface area contributed by atoms with E-state index < -0.39 is 0 Å². The molecule has 0 spiro atoms. The van der Waals surface area contributed by atoms with Crippen LogP contribution in [-0.4, -0.2) is 32.3 Å². The summed E-state index contributed by atoms with van der Waals surface area (Å²) in [6.45, 7) is 2.61. The van der Waals surface area contributed by atoms with Crippen molar-refractivity contribution in [3.63, 3.8) is 0 Å². The number of hydrogen-bond acceptors (Lipinski definition) is 4. The molecule has 1 unspecified atom stereocenters. The van der Waals surface area contributed by atoms with Gasteiger partial charge in [0.15, 0.2) is 0 Å². The smallest absolute Gasteiger partial charge is 0.101 e. The van der Waals surface area contributed by atoms with Crippen LogP contribution in [0.2, 0.25) is 5.02 Å². The lowest BCUT2D eigenvalue weighted by molar-refractivity contribution is 0.0465. The van der Waals surface area contributed by atoms with Crippen LogP contribution in [0.4, 0.5) is 5.69 Å². The molecule has 5 heteroatoms. The summed E-state index contributed by atoms with van der Waals surface area (Å²) in [6.07, 6.45) is 0.0333. The number of rotatable bonds is 2. The number of nitrogens with zero attached hydrogens (tertiary/aromatic N) is 2. The van der Waals surface area contributed by atoms with E-state index in [9.17, 15) is 0 Å². The minimum Gasteiger partial charge on any atom is -0.373 e. The maximum atomic E-state index is 9.11. The summed E-state index contributed by atoms with van der Waals surface area (Å²) in [5.74, 6) is 0. The molecule has 0 amide bonds. The van der Waals surface area contributed by atoms with Gasteiger partial charge in [-0.1, -0.05) is 11.6 Å². The highest BCUT2D eigenvalue weighted by atomic mass is 35.5. The summed E-state index contributed by atoms with van der Waals surface area (Å²) in [5.41, 5.74) is 7.09. The molecule has 1 aromatic rings. The van der Waals surface area contributed by atoms with E-state index in [1.165, 1.54) is 0 Å². The Labute approximate surface area is 106 Å². The number of ether oxygens (including phenoxy) is 1. The minimum atomic E-state index is 0.0333. The van der Waals surface area contributed by atoms with Crippen molar-refractivity contribution in [2.45, 2.75) is 6.10 Å². The van der Waals surface area contributed by atoms with Crippen LogP contribution in [0.25, 0.3) is 0 Å². The van der Waals surface area contributed by atoms with Crippen LogP contribution >= 0.6 is 11.6 Å². The van der Waals surface area contributed by atoms with Crippen LogP contribution in [0.5, 0.6) is 0 Å². The van der Waals surface area contributed by atoms with Crippen LogP contribution in [0.1, 0.15) is 5.56 Å². The average molecular weight is 252 g/mol. The van der Waals surface area contributed by atoms with Gasteiger partial charge in [-0.25, -0.2) is 0 Å². The molecule has 90 valence electrons. The summed E-state index contributed by atoms with van der Waals surface area (Å²) in [4.78, 5) is 2.12. The van der Waals surface area contributed by atoms with E-state index in [1.807, 2.05) is 6.07 Å². The first-order valence-electron chi connectivity index (χ1n) is 5.51. The Morgan fingerprint density at radius 3 is 3.12 bits per heavy atom. The van der Waals surface area contributed by atoms with Gasteiger partial charge in [-0.15, -0.1) is 0 Å². The molecule has 0 saturated carbocycles. The van der Waals surface area contributed by atoms with Crippen molar-refractivity contribution >= 4 is 17.3 Å². The molecular formula is C12H14ClN3O. The van der Waals surface area contributed by atoms with E-state index in [0.717, 1.165) is 12.2 Å². The van der Waals surface area contributed by atoms with Crippen molar-refractivity contribution in [2.24, 2.45) is 5.73 Å². The summed E-state index contributed by atoms with van der Waals surface area (Å²) < 4.78 is 5.50. The molecule has 1 aromatic carbocycles. The second-order valence-corrected chi connectivity index (χ2v) is 4.38. The number of anilines is 1. The molecule has 1 atom stereocenters.